The van der Waals surface area contributed by atoms with Crippen molar-refractivity contribution in [2.45, 2.75) is 0 Å². The maximum atomic E-state index is 5.60. The van der Waals surface area contributed by atoms with Gasteiger partial charge in [0.05, 0.1) is 5.52 Å². The van der Waals surface area contributed by atoms with E-state index in [9.17, 15) is 0 Å². The fraction of sp³-hybridized carbons (Fsp3) is 0. The fourth-order valence-electron chi connectivity index (χ4n) is 1.01. The first-order valence-corrected chi connectivity index (χ1v) is 4.24. The second-order valence-corrected chi connectivity index (χ2v) is 3.54. The molecule has 1 heterocycles. The Morgan fingerprint density at radius 1 is 1.45 bits per heavy atom. The highest BCUT2D eigenvalue weighted by molar-refractivity contribution is 14.1. The summed E-state index contributed by atoms with van der Waals surface area (Å²) in [5.74, 6) is 0.568. The van der Waals surface area contributed by atoms with E-state index in [1.165, 1.54) is 3.57 Å². The minimum absolute atomic E-state index is 0.568. The number of nitrogens with zero attached hydrogens (tertiary/aromatic N) is 1. The van der Waals surface area contributed by atoms with Crippen molar-refractivity contribution in [2.75, 3.05) is 5.73 Å². The number of aromatic nitrogens is 2. The average Bonchev–Trinajstić information content (AvgIpc) is 2.33. The van der Waals surface area contributed by atoms with Gasteiger partial charge in [-0.2, -0.15) is 5.10 Å². The summed E-state index contributed by atoms with van der Waals surface area (Å²) in [5.41, 5.74) is 6.59. The standard InChI is InChI=1S/C7H6IN3/c8-4-1-2-6-5(3-4)7(9)11-10-6/h1-3H,(H3,9,10,11). The average molecular weight is 259 g/mol. The van der Waals surface area contributed by atoms with E-state index < -0.39 is 0 Å². The number of aromatic amines is 1. The molecule has 56 valence electrons. The third-order valence-electron chi connectivity index (χ3n) is 1.55. The van der Waals surface area contributed by atoms with Crippen molar-refractivity contribution in [1.82, 2.24) is 10.2 Å². The Balaban J connectivity index is 2.87. The number of benzene rings is 1. The van der Waals surface area contributed by atoms with Crippen LogP contribution in [0.15, 0.2) is 18.2 Å². The molecular weight excluding hydrogens is 253 g/mol. The van der Waals surface area contributed by atoms with Crippen LogP contribution in [0.5, 0.6) is 0 Å². The zero-order valence-electron chi connectivity index (χ0n) is 5.63. The van der Waals surface area contributed by atoms with Gasteiger partial charge in [-0.15, -0.1) is 0 Å². The molecule has 0 saturated carbocycles. The SMILES string of the molecule is Nc1n[nH]c2ccc(I)cc12. The number of hydrogen-bond donors (Lipinski definition) is 2. The zero-order chi connectivity index (χ0) is 7.84. The molecule has 0 saturated heterocycles. The number of halogens is 1. The molecule has 2 rings (SSSR count). The number of nitrogens with two attached hydrogens (primary N) is 1. The minimum atomic E-state index is 0.568. The molecule has 0 unspecified atom stereocenters. The molecule has 1 aromatic carbocycles. The van der Waals surface area contributed by atoms with Gasteiger partial charge in [-0.05, 0) is 40.8 Å². The van der Waals surface area contributed by atoms with Crippen LogP contribution in [0.4, 0.5) is 5.82 Å². The van der Waals surface area contributed by atoms with Gasteiger partial charge in [0, 0.05) is 8.96 Å². The van der Waals surface area contributed by atoms with Crippen molar-refractivity contribution in [2.24, 2.45) is 0 Å². The highest BCUT2D eigenvalue weighted by atomic mass is 127. The molecular formula is C7H6IN3. The molecule has 0 aliphatic carbocycles. The summed E-state index contributed by atoms with van der Waals surface area (Å²) >= 11 is 2.24. The van der Waals surface area contributed by atoms with Gasteiger partial charge in [0.15, 0.2) is 5.82 Å². The van der Waals surface area contributed by atoms with Crippen molar-refractivity contribution in [3.05, 3.63) is 21.8 Å². The van der Waals surface area contributed by atoms with Crippen LogP contribution in [0.25, 0.3) is 10.9 Å². The molecule has 0 spiro atoms. The summed E-state index contributed by atoms with van der Waals surface area (Å²) in [5, 5.41) is 7.72. The van der Waals surface area contributed by atoms with Crippen LogP contribution in [0.1, 0.15) is 0 Å². The van der Waals surface area contributed by atoms with E-state index in [0.29, 0.717) is 5.82 Å². The Morgan fingerprint density at radius 3 is 3.09 bits per heavy atom. The minimum Gasteiger partial charge on any atom is -0.382 e. The van der Waals surface area contributed by atoms with Crippen LogP contribution in [0.2, 0.25) is 0 Å². The first-order chi connectivity index (χ1) is 5.27. The Morgan fingerprint density at radius 2 is 2.27 bits per heavy atom. The van der Waals surface area contributed by atoms with Crippen LogP contribution in [-0.2, 0) is 0 Å². The lowest BCUT2D eigenvalue weighted by molar-refractivity contribution is 1.13. The van der Waals surface area contributed by atoms with E-state index >= 15 is 0 Å². The Bertz CT molecular complexity index is 393. The highest BCUT2D eigenvalue weighted by Gasteiger charge is 2.00. The molecule has 0 fully saturated rings. The van der Waals surface area contributed by atoms with E-state index in [-0.39, 0.29) is 0 Å². The monoisotopic (exact) mass is 259 g/mol. The van der Waals surface area contributed by atoms with Crippen LogP contribution < -0.4 is 5.73 Å². The van der Waals surface area contributed by atoms with Gasteiger partial charge in [0.25, 0.3) is 0 Å². The predicted molar refractivity (Wildman–Crippen MR) is 53.2 cm³/mol. The smallest absolute Gasteiger partial charge is 0.153 e. The number of fused-ring (bicyclic) bond motifs is 1. The normalized spacial score (nSPS) is 10.6. The van der Waals surface area contributed by atoms with Gasteiger partial charge in [0.1, 0.15) is 0 Å². The molecule has 1 aromatic heterocycles. The first-order valence-electron chi connectivity index (χ1n) is 3.16. The molecule has 11 heavy (non-hydrogen) atoms. The molecule has 2 aromatic rings. The van der Waals surface area contributed by atoms with E-state index in [1.54, 1.807) is 0 Å². The summed E-state index contributed by atoms with van der Waals surface area (Å²) in [6.07, 6.45) is 0. The molecule has 4 heteroatoms. The molecule has 0 amide bonds. The van der Waals surface area contributed by atoms with Crippen molar-refractivity contribution in [3.63, 3.8) is 0 Å². The Kier molecular flexibility index (Phi) is 1.49. The number of rotatable bonds is 0. The second-order valence-electron chi connectivity index (χ2n) is 2.30. The first kappa shape index (κ1) is 6.90. The van der Waals surface area contributed by atoms with Gasteiger partial charge < -0.3 is 5.73 Å². The molecule has 3 nitrogen and oxygen atoms in total. The third kappa shape index (κ3) is 1.07. The van der Waals surface area contributed by atoms with Crippen molar-refractivity contribution in [3.8, 4) is 0 Å². The lowest BCUT2D eigenvalue weighted by Gasteiger charge is -1.89. The molecule has 3 N–H and O–H groups in total. The molecule has 0 atom stereocenters. The van der Waals surface area contributed by atoms with E-state index in [0.717, 1.165) is 10.9 Å². The van der Waals surface area contributed by atoms with Crippen molar-refractivity contribution < 1.29 is 0 Å². The van der Waals surface area contributed by atoms with Gasteiger partial charge in [0.2, 0.25) is 0 Å². The maximum absolute atomic E-state index is 5.60. The van der Waals surface area contributed by atoms with Gasteiger partial charge in [-0.3, -0.25) is 5.10 Å². The van der Waals surface area contributed by atoms with Crippen molar-refractivity contribution >= 4 is 39.3 Å². The van der Waals surface area contributed by atoms with Crippen LogP contribution in [0, 0.1) is 3.57 Å². The third-order valence-corrected chi connectivity index (χ3v) is 2.23. The van der Waals surface area contributed by atoms with E-state index in [4.69, 9.17) is 5.73 Å². The lowest BCUT2D eigenvalue weighted by Crippen LogP contribution is -1.83. The fourth-order valence-corrected chi connectivity index (χ4v) is 1.50. The van der Waals surface area contributed by atoms with Crippen molar-refractivity contribution in [1.29, 1.82) is 0 Å². The number of nitrogen functional groups attached to an aromatic ring is 1. The Labute approximate surface area is 77.1 Å². The maximum Gasteiger partial charge on any atom is 0.153 e. The number of hydrogen-bond acceptors (Lipinski definition) is 2. The lowest BCUT2D eigenvalue weighted by atomic mass is 10.2. The molecule has 0 aliphatic rings. The Hall–Kier alpha value is -0.780. The second kappa shape index (κ2) is 2.37. The summed E-state index contributed by atoms with van der Waals surface area (Å²) in [6, 6.07) is 6.00. The van der Waals surface area contributed by atoms with Gasteiger partial charge in [-0.25, -0.2) is 0 Å². The van der Waals surface area contributed by atoms with Gasteiger partial charge >= 0.3 is 0 Å². The van der Waals surface area contributed by atoms with Gasteiger partial charge in [-0.1, -0.05) is 0 Å². The number of anilines is 1. The quantitative estimate of drug-likeness (QED) is 0.708. The number of H-pyrrole nitrogens is 1. The number of nitrogens with one attached hydrogen (secondary N) is 1. The van der Waals surface area contributed by atoms with E-state index in [1.807, 2.05) is 18.2 Å². The zero-order valence-corrected chi connectivity index (χ0v) is 7.79. The van der Waals surface area contributed by atoms with Crippen LogP contribution in [0.3, 0.4) is 0 Å². The summed E-state index contributed by atoms with van der Waals surface area (Å²) < 4.78 is 1.17. The topological polar surface area (TPSA) is 54.7 Å². The molecule has 0 bridgehead atoms. The predicted octanol–water partition coefficient (Wildman–Crippen LogP) is 1.75. The van der Waals surface area contributed by atoms with E-state index in [2.05, 4.69) is 32.8 Å². The van der Waals surface area contributed by atoms with Crippen LogP contribution in [-0.4, -0.2) is 10.2 Å². The largest absolute Gasteiger partial charge is 0.382 e. The molecule has 0 aliphatic heterocycles. The summed E-state index contributed by atoms with van der Waals surface area (Å²) in [7, 11) is 0. The van der Waals surface area contributed by atoms with Crippen LogP contribution >= 0.6 is 22.6 Å². The highest BCUT2D eigenvalue weighted by Crippen LogP contribution is 2.19. The summed E-state index contributed by atoms with van der Waals surface area (Å²) in [4.78, 5) is 0. The summed E-state index contributed by atoms with van der Waals surface area (Å²) in [6.45, 7) is 0. The molecule has 0 radical (unpaired) electrons.